The molecule has 0 bridgehead atoms. The molecular formula is C10H11N3OS. The number of amidine groups is 1. The van der Waals surface area contributed by atoms with Crippen LogP contribution in [0.5, 0.6) is 0 Å². The molecule has 2 rings (SSSR count). The molecule has 1 heterocycles. The van der Waals surface area contributed by atoms with E-state index in [9.17, 15) is 4.79 Å². The fourth-order valence-electron chi connectivity index (χ4n) is 1.41. The first-order valence-corrected chi connectivity index (χ1v) is 5.42. The first-order valence-electron chi connectivity index (χ1n) is 4.54. The number of carbonyl (C=O) groups is 1. The topological polar surface area (TPSA) is 58.7 Å². The Morgan fingerprint density at radius 2 is 2.13 bits per heavy atom. The summed E-state index contributed by atoms with van der Waals surface area (Å²) in [6.07, 6.45) is 0. The van der Waals surface area contributed by atoms with Crippen molar-refractivity contribution < 1.29 is 4.79 Å². The summed E-state index contributed by atoms with van der Waals surface area (Å²) >= 11 is 1.39. The van der Waals surface area contributed by atoms with Gasteiger partial charge in [-0.3, -0.25) is 4.79 Å². The Labute approximate surface area is 92.1 Å². The Bertz CT molecular complexity index is 404. The van der Waals surface area contributed by atoms with Gasteiger partial charge in [-0.2, -0.15) is 0 Å². The van der Waals surface area contributed by atoms with Crippen LogP contribution in [-0.2, 0) is 4.79 Å². The smallest absolute Gasteiger partial charge is 0.241 e. The monoisotopic (exact) mass is 221 g/mol. The van der Waals surface area contributed by atoms with Crippen LogP contribution in [0.25, 0.3) is 0 Å². The van der Waals surface area contributed by atoms with E-state index in [4.69, 9.17) is 5.73 Å². The minimum atomic E-state index is -0.122. The van der Waals surface area contributed by atoms with E-state index in [0.29, 0.717) is 5.17 Å². The van der Waals surface area contributed by atoms with Gasteiger partial charge in [0, 0.05) is 6.92 Å². The van der Waals surface area contributed by atoms with E-state index in [1.807, 2.05) is 30.3 Å². The van der Waals surface area contributed by atoms with Gasteiger partial charge in [-0.15, -0.1) is 5.10 Å². The first-order chi connectivity index (χ1) is 7.18. The lowest BCUT2D eigenvalue weighted by Gasteiger charge is -2.18. The highest BCUT2D eigenvalue weighted by atomic mass is 32.2. The molecule has 78 valence electrons. The highest BCUT2D eigenvalue weighted by Gasteiger charge is 2.30. The number of rotatable bonds is 1. The van der Waals surface area contributed by atoms with E-state index >= 15 is 0 Å². The van der Waals surface area contributed by atoms with Gasteiger partial charge in [0.2, 0.25) is 5.91 Å². The molecule has 1 aromatic rings. The predicted octanol–water partition coefficient (Wildman–Crippen LogP) is 1.51. The number of nitrogens with two attached hydrogens (primary N) is 1. The van der Waals surface area contributed by atoms with Gasteiger partial charge in [-0.1, -0.05) is 42.1 Å². The summed E-state index contributed by atoms with van der Waals surface area (Å²) in [5, 5.41) is 5.71. The van der Waals surface area contributed by atoms with Crippen LogP contribution in [0.1, 0.15) is 17.9 Å². The second-order valence-corrected chi connectivity index (χ2v) is 4.28. The van der Waals surface area contributed by atoms with Crippen molar-refractivity contribution in [3.05, 3.63) is 35.9 Å². The quantitative estimate of drug-likeness (QED) is 0.782. The zero-order valence-electron chi connectivity index (χ0n) is 8.25. The third-order valence-corrected chi connectivity index (χ3v) is 3.09. The molecule has 0 aliphatic carbocycles. The van der Waals surface area contributed by atoms with Crippen LogP contribution >= 0.6 is 11.8 Å². The number of amides is 1. The van der Waals surface area contributed by atoms with Crippen molar-refractivity contribution in [2.24, 2.45) is 10.8 Å². The first kappa shape index (κ1) is 10.0. The van der Waals surface area contributed by atoms with Crippen molar-refractivity contribution in [1.29, 1.82) is 0 Å². The Morgan fingerprint density at radius 1 is 1.47 bits per heavy atom. The molecule has 0 saturated carbocycles. The van der Waals surface area contributed by atoms with Crippen molar-refractivity contribution in [2.45, 2.75) is 12.3 Å². The zero-order valence-corrected chi connectivity index (χ0v) is 9.07. The van der Waals surface area contributed by atoms with Gasteiger partial charge >= 0.3 is 0 Å². The SMILES string of the molecule is CC(=O)N1N=C(N)S[C@@H]1c1ccccc1. The third-order valence-electron chi connectivity index (χ3n) is 2.07. The minimum absolute atomic E-state index is 0.100. The van der Waals surface area contributed by atoms with Crippen LogP contribution in [0.4, 0.5) is 0 Å². The number of benzene rings is 1. The highest BCUT2D eigenvalue weighted by Crippen LogP contribution is 2.37. The summed E-state index contributed by atoms with van der Waals surface area (Å²) in [5.41, 5.74) is 6.64. The molecule has 0 radical (unpaired) electrons. The molecule has 0 aromatic heterocycles. The van der Waals surface area contributed by atoms with Gasteiger partial charge < -0.3 is 5.73 Å². The van der Waals surface area contributed by atoms with E-state index in [1.165, 1.54) is 23.7 Å². The highest BCUT2D eigenvalue weighted by molar-refractivity contribution is 8.14. The van der Waals surface area contributed by atoms with Crippen LogP contribution in [0.3, 0.4) is 0 Å². The van der Waals surface area contributed by atoms with Gasteiger partial charge in [0.05, 0.1) is 0 Å². The number of hydrogen-bond acceptors (Lipinski definition) is 4. The number of hydrazone groups is 1. The standard InChI is InChI=1S/C10H11N3OS/c1-7(14)13-9(15-10(11)12-13)8-5-3-2-4-6-8/h2-6,9H,1H3,(H2,11,12)/t9-/m1/s1. The van der Waals surface area contributed by atoms with Gasteiger partial charge in [-0.05, 0) is 5.56 Å². The average molecular weight is 221 g/mol. The maximum atomic E-state index is 11.3. The summed E-state index contributed by atoms with van der Waals surface area (Å²) < 4.78 is 0. The van der Waals surface area contributed by atoms with Crippen LogP contribution < -0.4 is 5.73 Å². The van der Waals surface area contributed by atoms with Crippen molar-refractivity contribution in [3.8, 4) is 0 Å². The molecule has 1 atom stereocenters. The third kappa shape index (κ3) is 1.97. The second-order valence-electron chi connectivity index (χ2n) is 3.18. The van der Waals surface area contributed by atoms with E-state index in [-0.39, 0.29) is 11.3 Å². The van der Waals surface area contributed by atoms with Gasteiger partial charge in [-0.25, -0.2) is 5.01 Å². The lowest BCUT2D eigenvalue weighted by atomic mass is 10.2. The average Bonchev–Trinajstić information content (AvgIpc) is 2.62. The molecule has 15 heavy (non-hydrogen) atoms. The van der Waals surface area contributed by atoms with Gasteiger partial charge in [0.25, 0.3) is 0 Å². The molecule has 2 N–H and O–H groups in total. The summed E-state index contributed by atoms with van der Waals surface area (Å²) in [5.74, 6) is -0.100. The van der Waals surface area contributed by atoms with Crippen LogP contribution in [0, 0.1) is 0 Å². The van der Waals surface area contributed by atoms with Gasteiger partial charge in [0.15, 0.2) is 5.17 Å². The van der Waals surface area contributed by atoms with E-state index < -0.39 is 0 Å². The molecule has 0 fully saturated rings. The number of thioether (sulfide) groups is 1. The van der Waals surface area contributed by atoms with Crippen LogP contribution in [-0.4, -0.2) is 16.1 Å². The Hall–Kier alpha value is -1.49. The molecule has 0 unspecified atom stereocenters. The van der Waals surface area contributed by atoms with Crippen molar-refractivity contribution >= 4 is 22.8 Å². The molecule has 0 spiro atoms. The fraction of sp³-hybridized carbons (Fsp3) is 0.200. The molecule has 4 nitrogen and oxygen atoms in total. The maximum Gasteiger partial charge on any atom is 0.241 e. The largest absolute Gasteiger partial charge is 0.377 e. The number of carbonyl (C=O) groups excluding carboxylic acids is 1. The molecule has 5 heteroatoms. The zero-order chi connectivity index (χ0) is 10.8. The van der Waals surface area contributed by atoms with Gasteiger partial charge in [0.1, 0.15) is 5.37 Å². The Kier molecular flexibility index (Phi) is 2.64. The van der Waals surface area contributed by atoms with Crippen molar-refractivity contribution in [2.75, 3.05) is 0 Å². The summed E-state index contributed by atoms with van der Waals surface area (Å²) in [6.45, 7) is 1.48. The normalized spacial score (nSPS) is 20.2. The molecule has 1 aliphatic heterocycles. The summed E-state index contributed by atoms with van der Waals surface area (Å²) in [4.78, 5) is 11.3. The molecule has 1 amide bonds. The maximum absolute atomic E-state index is 11.3. The van der Waals surface area contributed by atoms with E-state index in [2.05, 4.69) is 5.10 Å². The Balaban J connectivity index is 2.28. The lowest BCUT2D eigenvalue weighted by Crippen LogP contribution is -2.22. The lowest BCUT2D eigenvalue weighted by molar-refractivity contribution is -0.129. The van der Waals surface area contributed by atoms with Crippen LogP contribution in [0.15, 0.2) is 35.4 Å². The minimum Gasteiger partial charge on any atom is -0.377 e. The molecule has 1 aromatic carbocycles. The molecular weight excluding hydrogens is 210 g/mol. The van der Waals surface area contributed by atoms with E-state index in [1.54, 1.807) is 0 Å². The molecule has 0 saturated heterocycles. The Morgan fingerprint density at radius 3 is 2.73 bits per heavy atom. The second kappa shape index (κ2) is 3.94. The summed E-state index contributed by atoms with van der Waals surface area (Å²) in [7, 11) is 0. The van der Waals surface area contributed by atoms with Crippen molar-refractivity contribution in [1.82, 2.24) is 5.01 Å². The van der Waals surface area contributed by atoms with Crippen molar-refractivity contribution in [3.63, 3.8) is 0 Å². The predicted molar refractivity (Wildman–Crippen MR) is 60.9 cm³/mol. The fourth-order valence-corrected chi connectivity index (χ4v) is 2.36. The van der Waals surface area contributed by atoms with E-state index in [0.717, 1.165) is 5.56 Å². The summed E-state index contributed by atoms with van der Waals surface area (Å²) in [6, 6.07) is 9.72. The molecule has 1 aliphatic rings. The number of hydrogen-bond donors (Lipinski definition) is 1. The van der Waals surface area contributed by atoms with Crippen LogP contribution in [0.2, 0.25) is 0 Å². The number of nitrogens with zero attached hydrogens (tertiary/aromatic N) is 2.